The van der Waals surface area contributed by atoms with Gasteiger partial charge in [0.05, 0.1) is 20.6 Å². The van der Waals surface area contributed by atoms with Crippen LogP contribution in [0.25, 0.3) is 0 Å². The molecule has 10 heteroatoms. The quantitative estimate of drug-likeness (QED) is 0.318. The van der Waals surface area contributed by atoms with E-state index >= 15 is 0 Å². The lowest BCUT2D eigenvalue weighted by Crippen LogP contribution is -2.54. The van der Waals surface area contributed by atoms with Crippen molar-refractivity contribution < 1.29 is 18.0 Å². The molecule has 0 saturated carbocycles. The number of sulfonamides is 1. The van der Waals surface area contributed by atoms with Crippen LogP contribution in [0.15, 0.2) is 71.6 Å². The van der Waals surface area contributed by atoms with E-state index in [-0.39, 0.29) is 33.1 Å². The number of hydrogen-bond acceptors (Lipinski definition) is 4. The number of nitrogens with zero attached hydrogens (tertiary/aromatic N) is 2. The fourth-order valence-electron chi connectivity index (χ4n) is 4.10. The number of anilines is 1. The normalized spacial score (nSPS) is 12.5. The second kappa shape index (κ2) is 12.6. The van der Waals surface area contributed by atoms with Crippen LogP contribution in [0.4, 0.5) is 5.69 Å². The Kier molecular flexibility index (Phi) is 9.93. The maximum absolute atomic E-state index is 14.0. The third kappa shape index (κ3) is 7.77. The van der Waals surface area contributed by atoms with Crippen molar-refractivity contribution in [2.75, 3.05) is 10.8 Å². The van der Waals surface area contributed by atoms with Gasteiger partial charge in [0.2, 0.25) is 11.8 Å². The van der Waals surface area contributed by atoms with Gasteiger partial charge < -0.3 is 10.2 Å². The van der Waals surface area contributed by atoms with Gasteiger partial charge in [0.15, 0.2) is 0 Å². The molecule has 3 rings (SSSR count). The number of carbonyl (C=O) groups excluding carboxylic acids is 2. The summed E-state index contributed by atoms with van der Waals surface area (Å²) >= 11 is 12.7. The van der Waals surface area contributed by atoms with Crippen molar-refractivity contribution >= 4 is 50.7 Å². The third-order valence-electron chi connectivity index (χ3n) is 6.19. The van der Waals surface area contributed by atoms with Gasteiger partial charge in [-0.25, -0.2) is 8.42 Å². The molecule has 2 amide bonds. The Bertz CT molecular complexity index is 1490. The maximum atomic E-state index is 14.0. The largest absolute Gasteiger partial charge is 0.350 e. The molecule has 7 nitrogen and oxygen atoms in total. The molecule has 0 heterocycles. The summed E-state index contributed by atoms with van der Waals surface area (Å²) in [6.07, 6.45) is 0. The molecule has 0 aliphatic rings. The molecule has 0 aliphatic carbocycles. The third-order valence-corrected chi connectivity index (χ3v) is 8.77. The first kappa shape index (κ1) is 31.5. The van der Waals surface area contributed by atoms with E-state index in [1.165, 1.54) is 29.2 Å². The topological polar surface area (TPSA) is 86.8 Å². The molecule has 0 aromatic heterocycles. The molecular formula is C30H35Cl2N3O4S. The summed E-state index contributed by atoms with van der Waals surface area (Å²) in [7, 11) is -4.25. The lowest BCUT2D eigenvalue weighted by Gasteiger charge is -2.33. The zero-order chi connectivity index (χ0) is 29.8. The van der Waals surface area contributed by atoms with E-state index in [1.807, 2.05) is 58.9 Å². The van der Waals surface area contributed by atoms with Crippen LogP contribution in [-0.4, -0.2) is 43.3 Å². The van der Waals surface area contributed by atoms with Gasteiger partial charge in [-0.15, -0.1) is 0 Å². The number of benzene rings is 3. The van der Waals surface area contributed by atoms with Crippen molar-refractivity contribution in [3.63, 3.8) is 0 Å². The molecule has 3 aromatic rings. The lowest BCUT2D eigenvalue weighted by atomic mass is 10.1. The summed E-state index contributed by atoms with van der Waals surface area (Å²) in [5.74, 6) is -0.938. The monoisotopic (exact) mass is 603 g/mol. The van der Waals surface area contributed by atoms with Gasteiger partial charge in [0.1, 0.15) is 12.6 Å². The summed E-state index contributed by atoms with van der Waals surface area (Å²) < 4.78 is 28.8. The molecule has 0 saturated heterocycles. The van der Waals surface area contributed by atoms with E-state index in [2.05, 4.69) is 5.32 Å². The second-order valence-corrected chi connectivity index (χ2v) is 13.5. The average molecular weight is 605 g/mol. The Morgan fingerprint density at radius 2 is 1.55 bits per heavy atom. The molecule has 40 heavy (non-hydrogen) atoms. The summed E-state index contributed by atoms with van der Waals surface area (Å²) in [6.45, 7) is 10.4. The molecule has 0 radical (unpaired) electrons. The molecule has 3 aromatic carbocycles. The number of hydrogen-bond donors (Lipinski definition) is 1. The van der Waals surface area contributed by atoms with Crippen LogP contribution in [0, 0.1) is 13.8 Å². The van der Waals surface area contributed by atoms with Crippen molar-refractivity contribution in [3.8, 4) is 0 Å². The van der Waals surface area contributed by atoms with Crippen molar-refractivity contribution in [2.24, 2.45) is 0 Å². The molecule has 0 spiro atoms. The number of rotatable bonds is 9. The van der Waals surface area contributed by atoms with Crippen LogP contribution in [0.2, 0.25) is 10.0 Å². The molecule has 0 aliphatic heterocycles. The Hall–Kier alpha value is -3.07. The molecule has 0 fully saturated rings. The van der Waals surface area contributed by atoms with Gasteiger partial charge in [0, 0.05) is 12.1 Å². The lowest BCUT2D eigenvalue weighted by molar-refractivity contribution is -0.140. The van der Waals surface area contributed by atoms with E-state index < -0.39 is 34.1 Å². The summed E-state index contributed by atoms with van der Waals surface area (Å²) in [5.41, 5.74) is 2.21. The number of amides is 2. The summed E-state index contributed by atoms with van der Waals surface area (Å²) in [6, 6.07) is 17.6. The number of aryl methyl sites for hydroxylation is 2. The van der Waals surface area contributed by atoms with Crippen LogP contribution < -0.4 is 9.62 Å². The fraction of sp³-hybridized carbons (Fsp3) is 0.333. The highest BCUT2D eigenvalue weighted by Crippen LogP contribution is 2.35. The van der Waals surface area contributed by atoms with E-state index in [0.29, 0.717) is 0 Å². The Labute approximate surface area is 247 Å². The SMILES string of the molecule is Cc1ccc(S(=O)(=O)N(CC(=O)N(Cc2cccc(C)c2)C(C)C(=O)NC(C)(C)C)c2cccc(Cl)c2Cl)cc1. The molecule has 0 bridgehead atoms. The number of nitrogens with one attached hydrogen (secondary N) is 1. The minimum Gasteiger partial charge on any atom is -0.350 e. The number of halogens is 2. The zero-order valence-corrected chi connectivity index (χ0v) is 25.9. The predicted molar refractivity (Wildman–Crippen MR) is 161 cm³/mol. The standard InChI is InChI=1S/C30H35Cl2N3O4S/c1-20-13-15-24(16-14-20)40(38,39)35(26-12-8-11-25(31)28(26)32)19-27(36)34(18-23-10-7-9-21(2)17-23)22(3)29(37)33-30(4,5)6/h7-17,22H,18-19H2,1-6H3,(H,33,37). The van der Waals surface area contributed by atoms with Crippen molar-refractivity contribution in [1.82, 2.24) is 10.2 Å². The molecule has 1 unspecified atom stereocenters. The highest BCUT2D eigenvalue weighted by molar-refractivity contribution is 7.92. The first-order valence-electron chi connectivity index (χ1n) is 12.8. The highest BCUT2D eigenvalue weighted by Gasteiger charge is 2.34. The Morgan fingerprint density at radius 1 is 0.925 bits per heavy atom. The van der Waals surface area contributed by atoms with Crippen LogP contribution in [-0.2, 0) is 26.2 Å². The van der Waals surface area contributed by atoms with Crippen LogP contribution in [0.5, 0.6) is 0 Å². The van der Waals surface area contributed by atoms with Crippen LogP contribution in [0.1, 0.15) is 44.4 Å². The Balaban J connectivity index is 2.08. The minimum absolute atomic E-state index is 0.00332. The Morgan fingerprint density at radius 3 is 2.15 bits per heavy atom. The maximum Gasteiger partial charge on any atom is 0.264 e. The first-order valence-corrected chi connectivity index (χ1v) is 15.0. The van der Waals surface area contributed by atoms with E-state index in [4.69, 9.17) is 23.2 Å². The van der Waals surface area contributed by atoms with Crippen molar-refractivity contribution in [1.29, 1.82) is 0 Å². The highest BCUT2D eigenvalue weighted by atomic mass is 35.5. The van der Waals surface area contributed by atoms with Crippen molar-refractivity contribution in [3.05, 3.63) is 93.5 Å². The van der Waals surface area contributed by atoms with Gasteiger partial charge in [-0.3, -0.25) is 13.9 Å². The van der Waals surface area contributed by atoms with Gasteiger partial charge >= 0.3 is 0 Å². The van der Waals surface area contributed by atoms with E-state index in [9.17, 15) is 18.0 Å². The van der Waals surface area contributed by atoms with E-state index in [1.54, 1.807) is 25.1 Å². The fourth-order valence-corrected chi connectivity index (χ4v) is 5.97. The van der Waals surface area contributed by atoms with Crippen LogP contribution in [0.3, 0.4) is 0 Å². The van der Waals surface area contributed by atoms with E-state index in [0.717, 1.165) is 21.0 Å². The number of carbonyl (C=O) groups is 2. The van der Waals surface area contributed by atoms with Gasteiger partial charge in [-0.1, -0.05) is 76.8 Å². The molecule has 1 atom stereocenters. The predicted octanol–water partition coefficient (Wildman–Crippen LogP) is 6.14. The summed E-state index contributed by atoms with van der Waals surface area (Å²) in [5, 5.41) is 3.05. The van der Waals surface area contributed by atoms with Gasteiger partial charge in [0.25, 0.3) is 10.0 Å². The van der Waals surface area contributed by atoms with Gasteiger partial charge in [-0.2, -0.15) is 0 Å². The van der Waals surface area contributed by atoms with Crippen LogP contribution >= 0.6 is 23.2 Å². The molecule has 1 N–H and O–H groups in total. The second-order valence-electron chi connectivity index (χ2n) is 10.8. The average Bonchev–Trinajstić information content (AvgIpc) is 2.86. The first-order chi connectivity index (χ1) is 18.6. The minimum atomic E-state index is -4.25. The van der Waals surface area contributed by atoms with Gasteiger partial charge in [-0.05, 0) is 71.4 Å². The molecular weight excluding hydrogens is 569 g/mol. The summed E-state index contributed by atoms with van der Waals surface area (Å²) in [4.78, 5) is 28.6. The molecule has 214 valence electrons. The van der Waals surface area contributed by atoms with Crippen molar-refractivity contribution in [2.45, 2.75) is 64.6 Å². The zero-order valence-electron chi connectivity index (χ0n) is 23.5. The smallest absolute Gasteiger partial charge is 0.264 e.